The van der Waals surface area contributed by atoms with E-state index in [0.717, 1.165) is 31.1 Å². The molecule has 1 aliphatic rings. The molecule has 0 saturated carbocycles. The monoisotopic (exact) mass is 256 g/mol. The maximum Gasteiger partial charge on any atom is 0.357 e. The summed E-state index contributed by atoms with van der Waals surface area (Å²) in [4.78, 5) is 15.8. The van der Waals surface area contributed by atoms with Gasteiger partial charge < -0.3 is 15.2 Å². The highest BCUT2D eigenvalue weighted by Gasteiger charge is 2.17. The summed E-state index contributed by atoms with van der Waals surface area (Å²) < 4.78 is 10.5. The second-order valence-electron chi connectivity index (χ2n) is 3.98. The van der Waals surface area contributed by atoms with Crippen molar-refractivity contribution >= 4 is 17.3 Å². The first-order chi connectivity index (χ1) is 8.29. The first kappa shape index (κ1) is 12.5. The van der Waals surface area contributed by atoms with Crippen LogP contribution in [0.25, 0.3) is 0 Å². The zero-order valence-corrected chi connectivity index (χ0v) is 10.4. The average molecular weight is 256 g/mol. The average Bonchev–Trinajstić information content (AvgIpc) is 2.86. The van der Waals surface area contributed by atoms with Gasteiger partial charge in [-0.2, -0.15) is 0 Å². The van der Waals surface area contributed by atoms with E-state index in [0.29, 0.717) is 24.8 Å². The zero-order valence-electron chi connectivity index (χ0n) is 9.55. The van der Waals surface area contributed by atoms with Crippen LogP contribution in [0.3, 0.4) is 0 Å². The molecule has 2 N–H and O–H groups in total. The fourth-order valence-corrected chi connectivity index (χ4v) is 2.32. The van der Waals surface area contributed by atoms with Gasteiger partial charge in [0.1, 0.15) is 5.01 Å². The van der Waals surface area contributed by atoms with E-state index in [1.807, 2.05) is 0 Å². The van der Waals surface area contributed by atoms with E-state index in [9.17, 15) is 4.79 Å². The molecule has 5 nitrogen and oxygen atoms in total. The molecule has 17 heavy (non-hydrogen) atoms. The van der Waals surface area contributed by atoms with Crippen LogP contribution in [0.2, 0.25) is 0 Å². The molecule has 1 fully saturated rings. The Morgan fingerprint density at radius 1 is 1.59 bits per heavy atom. The van der Waals surface area contributed by atoms with Crippen molar-refractivity contribution in [3.05, 3.63) is 16.1 Å². The Kier molecular flexibility index (Phi) is 4.47. The molecule has 1 aromatic heterocycles. The van der Waals surface area contributed by atoms with Crippen molar-refractivity contribution in [1.82, 2.24) is 4.98 Å². The van der Waals surface area contributed by atoms with E-state index in [2.05, 4.69) is 4.98 Å². The van der Waals surface area contributed by atoms with Gasteiger partial charge in [0.2, 0.25) is 0 Å². The third-order valence-electron chi connectivity index (χ3n) is 2.73. The summed E-state index contributed by atoms with van der Waals surface area (Å²) in [7, 11) is 0. The number of carbonyl (C=O) groups is 1. The number of hydrogen-bond donors (Lipinski definition) is 1. The smallest absolute Gasteiger partial charge is 0.357 e. The second kappa shape index (κ2) is 6.09. The molecule has 0 spiro atoms. The summed E-state index contributed by atoms with van der Waals surface area (Å²) in [6, 6.07) is 0. The van der Waals surface area contributed by atoms with E-state index in [1.165, 1.54) is 11.3 Å². The van der Waals surface area contributed by atoms with E-state index in [4.69, 9.17) is 15.2 Å². The van der Waals surface area contributed by atoms with Crippen molar-refractivity contribution in [3.8, 4) is 0 Å². The molecule has 1 aliphatic heterocycles. The molecular weight excluding hydrogens is 240 g/mol. The molecule has 1 aromatic rings. The molecule has 6 heteroatoms. The number of rotatable bonds is 4. The molecular formula is C11H16N2O3S. The van der Waals surface area contributed by atoms with Gasteiger partial charge in [-0.25, -0.2) is 9.78 Å². The minimum atomic E-state index is -0.354. The van der Waals surface area contributed by atoms with Crippen molar-refractivity contribution in [2.24, 2.45) is 11.7 Å². The Bertz CT molecular complexity index is 375. The number of aromatic nitrogens is 1. The molecule has 2 rings (SSSR count). The maximum absolute atomic E-state index is 11.7. The van der Waals surface area contributed by atoms with Gasteiger partial charge in [-0.3, -0.25) is 0 Å². The van der Waals surface area contributed by atoms with Crippen LogP contribution < -0.4 is 5.73 Å². The number of nitrogens with two attached hydrogens (primary N) is 1. The number of nitrogens with zero attached hydrogens (tertiary/aromatic N) is 1. The van der Waals surface area contributed by atoms with Crippen molar-refractivity contribution in [2.45, 2.75) is 19.4 Å². The summed E-state index contributed by atoms with van der Waals surface area (Å²) in [5.74, 6) is 0.0627. The number of ether oxygens (including phenoxy) is 2. The highest BCUT2D eigenvalue weighted by molar-refractivity contribution is 7.09. The van der Waals surface area contributed by atoms with Crippen LogP contribution >= 0.6 is 11.3 Å². The van der Waals surface area contributed by atoms with Crippen LogP contribution in [-0.2, 0) is 16.0 Å². The molecule has 0 atom stereocenters. The van der Waals surface area contributed by atoms with Crippen molar-refractivity contribution in [1.29, 1.82) is 0 Å². The maximum atomic E-state index is 11.7. The van der Waals surface area contributed by atoms with Gasteiger partial charge in [0.15, 0.2) is 5.69 Å². The van der Waals surface area contributed by atoms with Gasteiger partial charge >= 0.3 is 5.97 Å². The number of esters is 1. The molecule has 0 radical (unpaired) electrons. The van der Waals surface area contributed by atoms with Crippen LogP contribution in [0, 0.1) is 5.92 Å². The fraction of sp³-hybridized carbons (Fsp3) is 0.636. The van der Waals surface area contributed by atoms with E-state index < -0.39 is 0 Å². The van der Waals surface area contributed by atoms with Crippen LogP contribution in [0.4, 0.5) is 0 Å². The van der Waals surface area contributed by atoms with Crippen molar-refractivity contribution in [3.63, 3.8) is 0 Å². The second-order valence-corrected chi connectivity index (χ2v) is 4.93. The van der Waals surface area contributed by atoms with Gasteiger partial charge in [0.25, 0.3) is 0 Å². The molecule has 0 bridgehead atoms. The van der Waals surface area contributed by atoms with Crippen LogP contribution in [0.1, 0.15) is 28.3 Å². The van der Waals surface area contributed by atoms with Crippen molar-refractivity contribution < 1.29 is 14.3 Å². The highest BCUT2D eigenvalue weighted by atomic mass is 32.1. The Morgan fingerprint density at radius 3 is 3.00 bits per heavy atom. The standard InChI is InChI=1S/C11H16N2O3S/c12-5-10-13-9(7-17-10)11(14)16-6-8-1-3-15-4-2-8/h7-8H,1-6,12H2. The minimum Gasteiger partial charge on any atom is -0.461 e. The molecule has 2 heterocycles. The molecule has 94 valence electrons. The van der Waals surface area contributed by atoms with E-state index >= 15 is 0 Å². The normalized spacial score (nSPS) is 17.0. The van der Waals surface area contributed by atoms with Gasteiger partial charge in [-0.1, -0.05) is 0 Å². The largest absolute Gasteiger partial charge is 0.461 e. The lowest BCUT2D eigenvalue weighted by atomic mass is 10.0. The number of thiazole rings is 1. The Hall–Kier alpha value is -0.980. The fourth-order valence-electron chi connectivity index (χ4n) is 1.68. The minimum absolute atomic E-state index is 0.354. The first-order valence-electron chi connectivity index (χ1n) is 5.69. The summed E-state index contributed by atoms with van der Waals surface area (Å²) in [5, 5.41) is 2.44. The molecule has 0 amide bonds. The SMILES string of the molecule is NCc1nc(C(=O)OCC2CCOCC2)cs1. The lowest BCUT2D eigenvalue weighted by Gasteiger charge is -2.21. The lowest BCUT2D eigenvalue weighted by Crippen LogP contribution is -2.22. The lowest BCUT2D eigenvalue weighted by molar-refractivity contribution is 0.0182. The predicted octanol–water partition coefficient (Wildman–Crippen LogP) is 1.19. The molecule has 0 unspecified atom stereocenters. The van der Waals surface area contributed by atoms with E-state index in [-0.39, 0.29) is 5.97 Å². The Balaban J connectivity index is 1.80. The summed E-state index contributed by atoms with van der Waals surface area (Å²) in [6.07, 6.45) is 1.91. The van der Waals surface area contributed by atoms with Gasteiger partial charge in [0.05, 0.1) is 6.61 Å². The molecule has 1 saturated heterocycles. The number of hydrogen-bond acceptors (Lipinski definition) is 6. The summed E-state index contributed by atoms with van der Waals surface area (Å²) in [6.45, 7) is 2.34. The molecule has 0 aromatic carbocycles. The topological polar surface area (TPSA) is 74.4 Å². The number of carbonyl (C=O) groups excluding carboxylic acids is 1. The zero-order chi connectivity index (χ0) is 12.1. The van der Waals surface area contributed by atoms with Gasteiger partial charge in [-0.05, 0) is 18.8 Å². The summed E-state index contributed by atoms with van der Waals surface area (Å²) in [5.41, 5.74) is 5.80. The Labute approximate surface area is 104 Å². The first-order valence-corrected chi connectivity index (χ1v) is 6.57. The van der Waals surface area contributed by atoms with Gasteiger partial charge in [-0.15, -0.1) is 11.3 Å². The van der Waals surface area contributed by atoms with E-state index in [1.54, 1.807) is 5.38 Å². The quantitative estimate of drug-likeness (QED) is 0.819. The van der Waals surface area contributed by atoms with Crippen molar-refractivity contribution in [2.75, 3.05) is 19.8 Å². The van der Waals surface area contributed by atoms with Crippen LogP contribution in [0.5, 0.6) is 0 Å². The summed E-state index contributed by atoms with van der Waals surface area (Å²) >= 11 is 1.38. The van der Waals surface area contributed by atoms with Crippen LogP contribution in [-0.4, -0.2) is 30.8 Å². The predicted molar refractivity (Wildman–Crippen MR) is 63.8 cm³/mol. The highest BCUT2D eigenvalue weighted by Crippen LogP contribution is 2.16. The van der Waals surface area contributed by atoms with Crippen LogP contribution in [0.15, 0.2) is 5.38 Å². The third-order valence-corrected chi connectivity index (χ3v) is 3.60. The van der Waals surface area contributed by atoms with Gasteiger partial charge in [0, 0.05) is 25.1 Å². The third kappa shape index (κ3) is 3.49. The molecule has 0 aliphatic carbocycles. The Morgan fingerprint density at radius 2 is 2.35 bits per heavy atom.